The SMILES string of the molecule is CNCc1sc(N(C)Cc2ccc(C)o2)nc1COC. The fraction of sp³-hybridized carbons (Fsp3) is 0.500. The number of thiazole rings is 1. The van der Waals surface area contributed by atoms with Crippen LogP contribution in [0.15, 0.2) is 16.5 Å². The lowest BCUT2D eigenvalue weighted by molar-refractivity contribution is 0.181. The van der Waals surface area contributed by atoms with Crippen LogP contribution in [0.2, 0.25) is 0 Å². The summed E-state index contributed by atoms with van der Waals surface area (Å²) >= 11 is 1.69. The van der Waals surface area contributed by atoms with Gasteiger partial charge in [0, 0.05) is 25.6 Å². The van der Waals surface area contributed by atoms with Crippen LogP contribution in [0, 0.1) is 6.92 Å². The second-order valence-corrected chi connectivity index (χ2v) is 5.76. The fourth-order valence-electron chi connectivity index (χ4n) is 1.95. The van der Waals surface area contributed by atoms with E-state index in [4.69, 9.17) is 9.15 Å². The van der Waals surface area contributed by atoms with Crippen LogP contribution in [-0.4, -0.2) is 26.2 Å². The Balaban J connectivity index is 2.12. The molecule has 5 nitrogen and oxygen atoms in total. The summed E-state index contributed by atoms with van der Waals surface area (Å²) in [6.45, 7) is 4.02. The summed E-state index contributed by atoms with van der Waals surface area (Å²) in [6, 6.07) is 3.98. The van der Waals surface area contributed by atoms with Crippen molar-refractivity contribution in [1.29, 1.82) is 0 Å². The van der Waals surface area contributed by atoms with Gasteiger partial charge in [-0.05, 0) is 26.1 Å². The lowest BCUT2D eigenvalue weighted by Crippen LogP contribution is -2.15. The van der Waals surface area contributed by atoms with Gasteiger partial charge in [-0.15, -0.1) is 11.3 Å². The zero-order chi connectivity index (χ0) is 14.5. The maximum atomic E-state index is 5.61. The molecule has 0 amide bonds. The lowest BCUT2D eigenvalue weighted by atomic mass is 10.4. The zero-order valence-corrected chi connectivity index (χ0v) is 13.2. The van der Waals surface area contributed by atoms with E-state index in [9.17, 15) is 0 Å². The van der Waals surface area contributed by atoms with Crippen molar-refractivity contribution in [3.8, 4) is 0 Å². The average molecular weight is 295 g/mol. The van der Waals surface area contributed by atoms with Gasteiger partial charge in [-0.3, -0.25) is 0 Å². The van der Waals surface area contributed by atoms with E-state index in [1.165, 1.54) is 4.88 Å². The summed E-state index contributed by atoms with van der Waals surface area (Å²) in [4.78, 5) is 7.97. The Hall–Kier alpha value is -1.37. The number of nitrogens with zero attached hydrogens (tertiary/aromatic N) is 2. The molecule has 0 aromatic carbocycles. The van der Waals surface area contributed by atoms with Gasteiger partial charge < -0.3 is 19.4 Å². The number of hydrogen-bond donors (Lipinski definition) is 1. The van der Waals surface area contributed by atoms with Crippen molar-refractivity contribution >= 4 is 16.5 Å². The number of nitrogens with one attached hydrogen (secondary N) is 1. The summed E-state index contributed by atoms with van der Waals surface area (Å²) in [5.74, 6) is 1.88. The quantitative estimate of drug-likeness (QED) is 0.850. The Morgan fingerprint density at radius 2 is 2.25 bits per heavy atom. The number of aromatic nitrogens is 1. The third-order valence-electron chi connectivity index (χ3n) is 2.90. The van der Waals surface area contributed by atoms with Crippen LogP contribution in [0.25, 0.3) is 0 Å². The molecular weight excluding hydrogens is 274 g/mol. The summed E-state index contributed by atoms with van der Waals surface area (Å²) in [5, 5.41) is 4.15. The molecule has 0 aliphatic carbocycles. The first-order chi connectivity index (χ1) is 9.63. The van der Waals surface area contributed by atoms with Crippen LogP contribution >= 0.6 is 11.3 Å². The Labute approximate surface area is 123 Å². The number of anilines is 1. The molecule has 20 heavy (non-hydrogen) atoms. The highest BCUT2D eigenvalue weighted by Gasteiger charge is 2.14. The second kappa shape index (κ2) is 6.88. The highest BCUT2D eigenvalue weighted by atomic mass is 32.1. The molecule has 0 unspecified atom stereocenters. The van der Waals surface area contributed by atoms with Crippen molar-refractivity contribution in [1.82, 2.24) is 10.3 Å². The molecule has 0 fully saturated rings. The predicted octanol–water partition coefficient (Wildman–Crippen LogP) is 2.55. The number of furan rings is 1. The van der Waals surface area contributed by atoms with Gasteiger partial charge in [-0.1, -0.05) is 0 Å². The lowest BCUT2D eigenvalue weighted by Gasteiger charge is -2.13. The van der Waals surface area contributed by atoms with E-state index in [1.807, 2.05) is 33.2 Å². The zero-order valence-electron chi connectivity index (χ0n) is 12.4. The predicted molar refractivity (Wildman–Crippen MR) is 81.1 cm³/mol. The third-order valence-corrected chi connectivity index (χ3v) is 4.11. The molecule has 6 heteroatoms. The van der Waals surface area contributed by atoms with E-state index in [-0.39, 0.29) is 0 Å². The minimum atomic E-state index is 0.543. The molecule has 0 radical (unpaired) electrons. The number of aryl methyl sites for hydroxylation is 1. The average Bonchev–Trinajstić information content (AvgIpc) is 2.98. The molecule has 0 atom stereocenters. The Bertz CT molecular complexity index is 527. The van der Waals surface area contributed by atoms with Crippen molar-refractivity contribution in [2.75, 3.05) is 26.1 Å². The Morgan fingerprint density at radius 3 is 2.85 bits per heavy atom. The minimum absolute atomic E-state index is 0.543. The summed E-state index contributed by atoms with van der Waals surface area (Å²) < 4.78 is 10.8. The van der Waals surface area contributed by atoms with Gasteiger partial charge in [0.25, 0.3) is 0 Å². The van der Waals surface area contributed by atoms with Crippen LogP contribution in [-0.2, 0) is 24.4 Å². The van der Waals surface area contributed by atoms with Crippen molar-refractivity contribution in [3.63, 3.8) is 0 Å². The third kappa shape index (κ3) is 3.59. The van der Waals surface area contributed by atoms with E-state index < -0.39 is 0 Å². The number of hydrogen-bond acceptors (Lipinski definition) is 6. The molecule has 0 bridgehead atoms. The molecule has 110 valence electrons. The van der Waals surface area contributed by atoms with Gasteiger partial charge in [0.1, 0.15) is 11.5 Å². The molecule has 0 aliphatic heterocycles. The largest absolute Gasteiger partial charge is 0.464 e. The first-order valence-electron chi connectivity index (χ1n) is 6.52. The van der Waals surface area contributed by atoms with Gasteiger partial charge >= 0.3 is 0 Å². The van der Waals surface area contributed by atoms with Gasteiger partial charge in [-0.25, -0.2) is 4.98 Å². The summed E-state index contributed by atoms with van der Waals surface area (Å²) in [5.41, 5.74) is 1.00. The van der Waals surface area contributed by atoms with E-state index >= 15 is 0 Å². The van der Waals surface area contributed by atoms with Crippen LogP contribution in [0.4, 0.5) is 5.13 Å². The van der Waals surface area contributed by atoms with E-state index in [0.29, 0.717) is 13.2 Å². The number of rotatable bonds is 7. The smallest absolute Gasteiger partial charge is 0.186 e. The second-order valence-electron chi connectivity index (χ2n) is 4.70. The molecule has 1 N–H and O–H groups in total. The van der Waals surface area contributed by atoms with E-state index in [0.717, 1.165) is 28.9 Å². The highest BCUT2D eigenvalue weighted by molar-refractivity contribution is 7.15. The van der Waals surface area contributed by atoms with Gasteiger partial charge in [-0.2, -0.15) is 0 Å². The standard InChI is InChI=1S/C14H21N3O2S/c1-10-5-6-11(19-10)8-17(3)14-16-12(9-18-4)13(20-14)7-15-2/h5-6,15H,7-9H2,1-4H3. The summed E-state index contributed by atoms with van der Waals surface area (Å²) in [7, 11) is 5.65. The number of ether oxygens (including phenoxy) is 1. The minimum Gasteiger partial charge on any atom is -0.464 e. The first-order valence-corrected chi connectivity index (χ1v) is 7.34. The molecule has 0 spiro atoms. The van der Waals surface area contributed by atoms with Gasteiger partial charge in [0.15, 0.2) is 5.13 Å². The molecule has 2 rings (SSSR count). The van der Waals surface area contributed by atoms with E-state index in [1.54, 1.807) is 18.4 Å². The number of methoxy groups -OCH3 is 1. The fourth-order valence-corrected chi connectivity index (χ4v) is 2.99. The van der Waals surface area contributed by atoms with Crippen molar-refractivity contribution < 1.29 is 9.15 Å². The molecule has 0 aliphatic rings. The molecular formula is C14H21N3O2S. The Morgan fingerprint density at radius 1 is 1.45 bits per heavy atom. The molecule has 2 heterocycles. The topological polar surface area (TPSA) is 50.5 Å². The molecule has 2 aromatic rings. The first kappa shape index (κ1) is 15.0. The molecule has 2 aromatic heterocycles. The van der Waals surface area contributed by atoms with Gasteiger partial charge in [0.2, 0.25) is 0 Å². The monoisotopic (exact) mass is 295 g/mol. The maximum absolute atomic E-state index is 5.61. The summed E-state index contributed by atoms with van der Waals surface area (Å²) in [6.07, 6.45) is 0. The van der Waals surface area contributed by atoms with Crippen LogP contribution < -0.4 is 10.2 Å². The molecule has 0 saturated heterocycles. The van der Waals surface area contributed by atoms with Crippen molar-refractivity contribution in [2.24, 2.45) is 0 Å². The normalized spacial score (nSPS) is 11.0. The van der Waals surface area contributed by atoms with Gasteiger partial charge in [0.05, 0.1) is 18.8 Å². The van der Waals surface area contributed by atoms with Crippen LogP contribution in [0.1, 0.15) is 22.1 Å². The maximum Gasteiger partial charge on any atom is 0.186 e. The molecule has 0 saturated carbocycles. The van der Waals surface area contributed by atoms with Crippen LogP contribution in [0.5, 0.6) is 0 Å². The highest BCUT2D eigenvalue weighted by Crippen LogP contribution is 2.27. The van der Waals surface area contributed by atoms with E-state index in [2.05, 4.69) is 15.2 Å². The van der Waals surface area contributed by atoms with Crippen molar-refractivity contribution in [3.05, 3.63) is 34.2 Å². The Kier molecular flexibility index (Phi) is 5.17. The van der Waals surface area contributed by atoms with Crippen molar-refractivity contribution in [2.45, 2.75) is 26.6 Å². The van der Waals surface area contributed by atoms with Crippen LogP contribution in [0.3, 0.4) is 0 Å².